The van der Waals surface area contributed by atoms with Crippen molar-refractivity contribution in [2.75, 3.05) is 6.26 Å². The molecule has 3 rings (SSSR count). The van der Waals surface area contributed by atoms with Crippen molar-refractivity contribution in [3.05, 3.63) is 42.2 Å². The summed E-state index contributed by atoms with van der Waals surface area (Å²) in [5.41, 5.74) is 3.38. The van der Waals surface area contributed by atoms with Crippen LogP contribution in [0.1, 0.15) is 31.2 Å². The summed E-state index contributed by atoms with van der Waals surface area (Å²) in [6.45, 7) is 0.685. The third-order valence-corrected chi connectivity index (χ3v) is 6.45. The molecule has 2 atom stereocenters. The maximum absolute atomic E-state index is 12.0. The maximum Gasteiger partial charge on any atom is 0.151 e. The third kappa shape index (κ3) is 4.05. The van der Waals surface area contributed by atoms with E-state index >= 15 is 0 Å². The van der Waals surface area contributed by atoms with Gasteiger partial charge in [0.15, 0.2) is 9.84 Å². The summed E-state index contributed by atoms with van der Waals surface area (Å²) >= 11 is 0. The minimum Gasteiger partial charge on any atom is -0.309 e. The Bertz CT molecular complexity index is 798. The summed E-state index contributed by atoms with van der Waals surface area (Å²) in [6.07, 6.45) is 9.01. The lowest BCUT2D eigenvalue weighted by Gasteiger charge is -2.31. The summed E-state index contributed by atoms with van der Waals surface area (Å²) < 4.78 is 25.8. The molecule has 0 spiro atoms. The minimum atomic E-state index is -3.00. The van der Waals surface area contributed by atoms with E-state index in [-0.39, 0.29) is 11.3 Å². The molecule has 1 aliphatic rings. The van der Waals surface area contributed by atoms with Crippen LogP contribution in [-0.4, -0.2) is 35.7 Å². The number of nitrogens with zero attached hydrogens (tertiary/aromatic N) is 2. The van der Waals surface area contributed by atoms with E-state index in [1.807, 2.05) is 25.5 Å². The van der Waals surface area contributed by atoms with Gasteiger partial charge in [-0.05, 0) is 30.0 Å². The Labute approximate surface area is 144 Å². The zero-order valence-electron chi connectivity index (χ0n) is 14.3. The van der Waals surface area contributed by atoms with Crippen LogP contribution in [0.15, 0.2) is 36.7 Å². The first-order valence-corrected chi connectivity index (χ1v) is 10.4. The van der Waals surface area contributed by atoms with Gasteiger partial charge in [0.1, 0.15) is 0 Å². The van der Waals surface area contributed by atoms with Crippen molar-refractivity contribution in [2.24, 2.45) is 7.05 Å². The van der Waals surface area contributed by atoms with E-state index in [0.717, 1.165) is 42.4 Å². The highest BCUT2D eigenvalue weighted by Crippen LogP contribution is 2.25. The second kappa shape index (κ2) is 7.07. The summed E-state index contributed by atoms with van der Waals surface area (Å²) in [6, 6.07) is 8.37. The smallest absolute Gasteiger partial charge is 0.151 e. The summed E-state index contributed by atoms with van der Waals surface area (Å²) in [5, 5.41) is 7.44. The molecule has 2 aromatic rings. The summed E-state index contributed by atoms with van der Waals surface area (Å²) in [5.74, 6) is 0. The molecule has 1 fully saturated rings. The molecule has 6 heteroatoms. The Morgan fingerprint density at radius 2 is 2.04 bits per heavy atom. The van der Waals surface area contributed by atoms with Crippen LogP contribution in [0.4, 0.5) is 0 Å². The van der Waals surface area contributed by atoms with Gasteiger partial charge in [-0.3, -0.25) is 4.68 Å². The standard InChI is InChI=1S/C18H25N3O2S/c1-21-13-16(12-20-21)15-7-5-6-14(10-15)11-19-17-8-3-4-9-18(17)24(2,22)23/h5-7,10,12-13,17-19H,3-4,8-9,11H2,1-2H3/t17-,18+/m1/s1. The van der Waals surface area contributed by atoms with Crippen molar-refractivity contribution in [3.63, 3.8) is 0 Å². The quantitative estimate of drug-likeness (QED) is 0.903. The van der Waals surface area contributed by atoms with Crippen molar-refractivity contribution in [1.29, 1.82) is 0 Å². The molecular formula is C18H25N3O2S. The van der Waals surface area contributed by atoms with Gasteiger partial charge in [0.25, 0.3) is 0 Å². The van der Waals surface area contributed by atoms with Crippen molar-refractivity contribution in [3.8, 4) is 11.1 Å². The van der Waals surface area contributed by atoms with E-state index in [2.05, 4.69) is 28.6 Å². The molecule has 1 aromatic heterocycles. The molecule has 0 amide bonds. The van der Waals surface area contributed by atoms with Crippen LogP contribution in [0.3, 0.4) is 0 Å². The zero-order chi connectivity index (χ0) is 17.2. The number of hydrogen-bond donors (Lipinski definition) is 1. The second-order valence-corrected chi connectivity index (χ2v) is 9.01. The number of sulfone groups is 1. The van der Waals surface area contributed by atoms with Crippen LogP contribution in [0, 0.1) is 0 Å². The van der Waals surface area contributed by atoms with Crippen LogP contribution in [0.5, 0.6) is 0 Å². The fourth-order valence-corrected chi connectivity index (χ4v) is 4.95. The average molecular weight is 347 g/mol. The van der Waals surface area contributed by atoms with E-state index in [9.17, 15) is 8.42 Å². The van der Waals surface area contributed by atoms with Crippen LogP contribution in [-0.2, 0) is 23.4 Å². The molecule has 0 bridgehead atoms. The Hall–Kier alpha value is -1.66. The molecule has 0 saturated heterocycles. The first-order chi connectivity index (χ1) is 11.4. The molecule has 1 saturated carbocycles. The number of benzene rings is 1. The Morgan fingerprint density at radius 3 is 2.75 bits per heavy atom. The number of nitrogens with one attached hydrogen (secondary N) is 1. The van der Waals surface area contributed by atoms with E-state index in [1.54, 1.807) is 4.68 Å². The molecule has 5 nitrogen and oxygen atoms in total. The monoisotopic (exact) mass is 347 g/mol. The predicted octanol–water partition coefficient (Wildman–Crippen LogP) is 2.53. The van der Waals surface area contributed by atoms with Crippen LogP contribution < -0.4 is 5.32 Å². The van der Waals surface area contributed by atoms with E-state index in [4.69, 9.17) is 0 Å². The Kier molecular flexibility index (Phi) is 5.06. The number of hydrogen-bond acceptors (Lipinski definition) is 4. The maximum atomic E-state index is 12.0. The van der Waals surface area contributed by atoms with Crippen molar-refractivity contribution < 1.29 is 8.42 Å². The normalized spacial score (nSPS) is 21.8. The lowest BCUT2D eigenvalue weighted by Crippen LogP contribution is -2.45. The van der Waals surface area contributed by atoms with Gasteiger partial charge in [-0.15, -0.1) is 0 Å². The van der Waals surface area contributed by atoms with Crippen LogP contribution in [0.25, 0.3) is 11.1 Å². The molecule has 0 aliphatic heterocycles. The average Bonchev–Trinajstić information content (AvgIpc) is 2.99. The highest BCUT2D eigenvalue weighted by molar-refractivity contribution is 7.91. The molecule has 1 heterocycles. The molecule has 24 heavy (non-hydrogen) atoms. The first kappa shape index (κ1) is 17.2. The zero-order valence-corrected chi connectivity index (χ0v) is 15.1. The van der Waals surface area contributed by atoms with Gasteiger partial charge >= 0.3 is 0 Å². The summed E-state index contributed by atoms with van der Waals surface area (Å²) in [4.78, 5) is 0. The van der Waals surface area contributed by atoms with Gasteiger partial charge in [0.05, 0.1) is 11.4 Å². The van der Waals surface area contributed by atoms with E-state index in [1.165, 1.54) is 6.26 Å². The lowest BCUT2D eigenvalue weighted by molar-refractivity contribution is 0.370. The van der Waals surface area contributed by atoms with Gasteiger partial charge in [-0.2, -0.15) is 5.10 Å². The minimum absolute atomic E-state index is 0.0517. The number of aryl methyl sites for hydroxylation is 1. The van der Waals surface area contributed by atoms with Crippen LogP contribution in [0.2, 0.25) is 0 Å². The highest BCUT2D eigenvalue weighted by Gasteiger charge is 2.32. The number of aromatic nitrogens is 2. The molecule has 1 N–H and O–H groups in total. The third-order valence-electron chi connectivity index (χ3n) is 4.79. The molecule has 1 aromatic carbocycles. The fourth-order valence-electron chi connectivity index (χ4n) is 3.52. The SMILES string of the molecule is Cn1cc(-c2cccc(CN[C@@H]3CCCC[C@@H]3S(C)(=O)=O)c2)cn1. The number of rotatable bonds is 5. The first-order valence-electron chi connectivity index (χ1n) is 8.44. The van der Waals surface area contributed by atoms with Crippen LogP contribution >= 0.6 is 0 Å². The summed E-state index contributed by atoms with van der Waals surface area (Å²) in [7, 11) is -1.10. The van der Waals surface area contributed by atoms with Crippen molar-refractivity contribution >= 4 is 9.84 Å². The molecular weight excluding hydrogens is 322 g/mol. The highest BCUT2D eigenvalue weighted by atomic mass is 32.2. The van der Waals surface area contributed by atoms with Gasteiger partial charge in [0, 0.05) is 37.7 Å². The van der Waals surface area contributed by atoms with Gasteiger partial charge < -0.3 is 5.32 Å². The topological polar surface area (TPSA) is 64.0 Å². The Balaban J connectivity index is 1.70. The van der Waals surface area contributed by atoms with Crippen molar-refractivity contribution in [2.45, 2.75) is 43.5 Å². The van der Waals surface area contributed by atoms with Gasteiger partial charge in [0.2, 0.25) is 0 Å². The Morgan fingerprint density at radius 1 is 1.25 bits per heavy atom. The largest absolute Gasteiger partial charge is 0.309 e. The lowest BCUT2D eigenvalue weighted by atomic mass is 9.94. The second-order valence-electron chi connectivity index (χ2n) is 6.74. The molecule has 130 valence electrons. The molecule has 0 radical (unpaired) electrons. The van der Waals surface area contributed by atoms with Crippen molar-refractivity contribution in [1.82, 2.24) is 15.1 Å². The fraction of sp³-hybridized carbons (Fsp3) is 0.500. The molecule has 0 unspecified atom stereocenters. The van der Waals surface area contributed by atoms with Gasteiger partial charge in [-0.1, -0.05) is 31.0 Å². The van der Waals surface area contributed by atoms with Gasteiger partial charge in [-0.25, -0.2) is 8.42 Å². The van der Waals surface area contributed by atoms with E-state index < -0.39 is 9.84 Å². The predicted molar refractivity (Wildman–Crippen MR) is 96.4 cm³/mol. The van der Waals surface area contributed by atoms with E-state index in [0.29, 0.717) is 6.54 Å². The molecule has 1 aliphatic carbocycles.